The van der Waals surface area contributed by atoms with Crippen molar-refractivity contribution in [2.24, 2.45) is 0 Å². The van der Waals surface area contributed by atoms with Crippen LogP contribution in [0.25, 0.3) is 0 Å². The molecular formula is C18H22N2O4. The van der Waals surface area contributed by atoms with Crippen molar-refractivity contribution < 1.29 is 19.0 Å². The van der Waals surface area contributed by atoms with E-state index in [4.69, 9.17) is 14.2 Å². The van der Waals surface area contributed by atoms with E-state index in [0.29, 0.717) is 36.8 Å². The van der Waals surface area contributed by atoms with Gasteiger partial charge in [-0.15, -0.1) is 0 Å². The van der Waals surface area contributed by atoms with Crippen LogP contribution in [0, 0.1) is 0 Å². The van der Waals surface area contributed by atoms with Gasteiger partial charge in [-0.2, -0.15) is 0 Å². The Kier molecular flexibility index (Phi) is 6.57. The average Bonchev–Trinajstić information content (AvgIpc) is 2.64. The van der Waals surface area contributed by atoms with Gasteiger partial charge in [0.05, 0.1) is 20.8 Å². The van der Waals surface area contributed by atoms with Crippen LogP contribution < -0.4 is 9.47 Å². The molecule has 6 nitrogen and oxygen atoms in total. The number of ether oxygens (including phenoxy) is 3. The molecule has 2 aromatic rings. The zero-order valence-electron chi connectivity index (χ0n) is 14.2. The van der Waals surface area contributed by atoms with Crippen molar-refractivity contribution in [3.8, 4) is 11.5 Å². The Hall–Kier alpha value is -2.60. The fourth-order valence-electron chi connectivity index (χ4n) is 2.28. The Morgan fingerprint density at radius 1 is 1.04 bits per heavy atom. The van der Waals surface area contributed by atoms with Crippen molar-refractivity contribution in [1.29, 1.82) is 0 Å². The summed E-state index contributed by atoms with van der Waals surface area (Å²) in [6.07, 6.45) is 3.42. The lowest BCUT2D eigenvalue weighted by Crippen LogP contribution is -2.33. The first-order valence-electron chi connectivity index (χ1n) is 7.58. The van der Waals surface area contributed by atoms with Gasteiger partial charge in [0.2, 0.25) is 0 Å². The van der Waals surface area contributed by atoms with Gasteiger partial charge in [-0.3, -0.25) is 9.78 Å². The molecule has 0 aliphatic rings. The maximum atomic E-state index is 12.9. The molecule has 1 aromatic heterocycles. The zero-order valence-corrected chi connectivity index (χ0v) is 14.2. The molecule has 0 spiro atoms. The molecule has 0 unspecified atom stereocenters. The summed E-state index contributed by atoms with van der Waals surface area (Å²) in [6.45, 7) is 1.42. The second-order valence-corrected chi connectivity index (χ2v) is 5.18. The smallest absolute Gasteiger partial charge is 0.254 e. The molecule has 128 valence electrons. The summed E-state index contributed by atoms with van der Waals surface area (Å²) in [5, 5.41) is 0. The van der Waals surface area contributed by atoms with Crippen LogP contribution in [0.5, 0.6) is 11.5 Å². The quantitative estimate of drug-likeness (QED) is 0.744. The fourth-order valence-corrected chi connectivity index (χ4v) is 2.28. The van der Waals surface area contributed by atoms with Gasteiger partial charge < -0.3 is 19.1 Å². The van der Waals surface area contributed by atoms with Gasteiger partial charge in [0, 0.05) is 44.2 Å². The molecule has 0 saturated heterocycles. The second kappa shape index (κ2) is 8.88. The molecule has 1 aromatic carbocycles. The summed E-state index contributed by atoms with van der Waals surface area (Å²) >= 11 is 0. The fraction of sp³-hybridized carbons (Fsp3) is 0.333. The van der Waals surface area contributed by atoms with Gasteiger partial charge in [-0.1, -0.05) is 0 Å². The molecule has 6 heteroatoms. The summed E-state index contributed by atoms with van der Waals surface area (Å²) < 4.78 is 15.6. The Morgan fingerprint density at radius 3 is 2.21 bits per heavy atom. The van der Waals surface area contributed by atoms with E-state index in [9.17, 15) is 4.79 Å². The topological polar surface area (TPSA) is 60.9 Å². The number of amides is 1. The van der Waals surface area contributed by atoms with Crippen LogP contribution in [-0.2, 0) is 11.3 Å². The van der Waals surface area contributed by atoms with Gasteiger partial charge in [-0.25, -0.2) is 0 Å². The number of hydrogen-bond acceptors (Lipinski definition) is 5. The summed E-state index contributed by atoms with van der Waals surface area (Å²) in [5.41, 5.74) is 1.51. The van der Waals surface area contributed by atoms with Crippen LogP contribution in [0.15, 0.2) is 42.7 Å². The molecule has 2 rings (SSSR count). The number of rotatable bonds is 8. The molecule has 24 heavy (non-hydrogen) atoms. The molecule has 0 aliphatic heterocycles. The van der Waals surface area contributed by atoms with Gasteiger partial charge in [0.15, 0.2) is 0 Å². The third-order valence-corrected chi connectivity index (χ3v) is 3.57. The molecule has 0 fully saturated rings. The normalized spacial score (nSPS) is 10.3. The van der Waals surface area contributed by atoms with E-state index in [1.54, 1.807) is 56.8 Å². The highest BCUT2D eigenvalue weighted by atomic mass is 16.5. The minimum atomic E-state index is -0.110. The maximum Gasteiger partial charge on any atom is 0.254 e. The number of benzene rings is 1. The Bertz CT molecular complexity index is 639. The minimum Gasteiger partial charge on any atom is -0.497 e. The SMILES string of the molecule is COCCN(Cc1ccncc1)C(=O)c1cc(OC)cc(OC)c1. The molecule has 1 amide bonds. The number of pyridine rings is 1. The third-order valence-electron chi connectivity index (χ3n) is 3.57. The summed E-state index contributed by atoms with van der Waals surface area (Å²) in [5.74, 6) is 1.04. The Labute approximate surface area is 142 Å². The van der Waals surface area contributed by atoms with E-state index in [-0.39, 0.29) is 5.91 Å². The lowest BCUT2D eigenvalue weighted by molar-refractivity contribution is 0.0679. The van der Waals surface area contributed by atoms with Crippen LogP contribution in [0.2, 0.25) is 0 Å². The third kappa shape index (κ3) is 4.70. The minimum absolute atomic E-state index is 0.110. The van der Waals surface area contributed by atoms with Gasteiger partial charge >= 0.3 is 0 Å². The predicted octanol–water partition coefficient (Wildman–Crippen LogP) is 2.39. The summed E-state index contributed by atoms with van der Waals surface area (Å²) in [6, 6.07) is 8.92. The maximum absolute atomic E-state index is 12.9. The van der Waals surface area contributed by atoms with Crippen molar-refractivity contribution in [1.82, 2.24) is 9.88 Å². The highest BCUT2D eigenvalue weighted by Crippen LogP contribution is 2.24. The molecule has 0 atom stereocenters. The van der Waals surface area contributed by atoms with Gasteiger partial charge in [0.1, 0.15) is 11.5 Å². The number of aromatic nitrogens is 1. The van der Waals surface area contributed by atoms with Crippen LogP contribution in [-0.4, -0.2) is 50.3 Å². The van der Waals surface area contributed by atoms with Crippen molar-refractivity contribution in [3.05, 3.63) is 53.9 Å². The van der Waals surface area contributed by atoms with E-state index in [1.165, 1.54) is 0 Å². The Morgan fingerprint density at radius 2 is 1.67 bits per heavy atom. The lowest BCUT2D eigenvalue weighted by Gasteiger charge is -2.23. The van der Waals surface area contributed by atoms with E-state index >= 15 is 0 Å². The number of carbonyl (C=O) groups is 1. The predicted molar refractivity (Wildman–Crippen MR) is 90.4 cm³/mol. The summed E-state index contributed by atoms with van der Waals surface area (Å²) in [7, 11) is 4.73. The first-order valence-corrected chi connectivity index (χ1v) is 7.58. The van der Waals surface area contributed by atoms with Crippen LogP contribution in [0.3, 0.4) is 0 Å². The van der Waals surface area contributed by atoms with Gasteiger partial charge in [0.25, 0.3) is 5.91 Å². The van der Waals surface area contributed by atoms with E-state index < -0.39 is 0 Å². The average molecular weight is 330 g/mol. The van der Waals surface area contributed by atoms with E-state index in [0.717, 1.165) is 5.56 Å². The number of carbonyl (C=O) groups excluding carboxylic acids is 1. The largest absolute Gasteiger partial charge is 0.497 e. The second-order valence-electron chi connectivity index (χ2n) is 5.18. The standard InChI is InChI=1S/C18H22N2O4/c1-22-9-8-20(13-14-4-6-19-7-5-14)18(21)15-10-16(23-2)12-17(11-15)24-3/h4-7,10-12H,8-9,13H2,1-3H3. The number of hydrogen-bond donors (Lipinski definition) is 0. The number of methoxy groups -OCH3 is 3. The summed E-state index contributed by atoms with van der Waals surface area (Å²) in [4.78, 5) is 18.7. The zero-order chi connectivity index (χ0) is 17.4. The molecule has 0 N–H and O–H groups in total. The highest BCUT2D eigenvalue weighted by Gasteiger charge is 2.18. The van der Waals surface area contributed by atoms with Crippen molar-refractivity contribution in [2.75, 3.05) is 34.5 Å². The lowest BCUT2D eigenvalue weighted by atomic mass is 10.1. The molecular weight excluding hydrogens is 308 g/mol. The molecule has 0 radical (unpaired) electrons. The molecule has 0 aliphatic carbocycles. The van der Waals surface area contributed by atoms with E-state index in [1.807, 2.05) is 12.1 Å². The van der Waals surface area contributed by atoms with Crippen LogP contribution in [0.1, 0.15) is 15.9 Å². The molecule has 0 bridgehead atoms. The Balaban J connectivity index is 2.26. The first-order chi connectivity index (χ1) is 11.7. The van der Waals surface area contributed by atoms with Crippen molar-refractivity contribution >= 4 is 5.91 Å². The van der Waals surface area contributed by atoms with Crippen LogP contribution >= 0.6 is 0 Å². The van der Waals surface area contributed by atoms with Crippen LogP contribution in [0.4, 0.5) is 0 Å². The molecule has 1 heterocycles. The van der Waals surface area contributed by atoms with E-state index in [2.05, 4.69) is 4.98 Å². The first kappa shape index (κ1) is 17.7. The number of nitrogens with zero attached hydrogens (tertiary/aromatic N) is 2. The van der Waals surface area contributed by atoms with Crippen molar-refractivity contribution in [3.63, 3.8) is 0 Å². The highest BCUT2D eigenvalue weighted by molar-refractivity contribution is 5.95. The van der Waals surface area contributed by atoms with Gasteiger partial charge in [-0.05, 0) is 29.8 Å². The monoisotopic (exact) mass is 330 g/mol. The van der Waals surface area contributed by atoms with Crippen molar-refractivity contribution in [2.45, 2.75) is 6.54 Å². The molecule has 0 saturated carbocycles.